The number of halogens is 4. The molecule has 0 radical (unpaired) electrons. The number of nitrogens with zero attached hydrogens (tertiary/aromatic N) is 8. The Balaban J connectivity index is 1.31. The summed E-state index contributed by atoms with van der Waals surface area (Å²) < 4.78 is 61.7. The fraction of sp³-hybridized carbons (Fsp3) is 0.379. The van der Waals surface area contributed by atoms with Gasteiger partial charge in [0.25, 0.3) is 5.56 Å². The van der Waals surface area contributed by atoms with Crippen LogP contribution >= 0.6 is 11.3 Å². The molecule has 1 fully saturated rings. The highest BCUT2D eigenvalue weighted by Crippen LogP contribution is 2.31. The third kappa shape index (κ3) is 7.00. The molecule has 2 aliphatic heterocycles. The van der Waals surface area contributed by atoms with Crippen LogP contribution in [0.5, 0.6) is 0 Å². The summed E-state index contributed by atoms with van der Waals surface area (Å²) in [5.74, 6) is -3.45. The Kier molecular flexibility index (Phi) is 9.41. The van der Waals surface area contributed by atoms with E-state index in [1.807, 2.05) is 0 Å². The van der Waals surface area contributed by atoms with E-state index in [2.05, 4.69) is 30.9 Å². The zero-order valence-corrected chi connectivity index (χ0v) is 26.6. The van der Waals surface area contributed by atoms with E-state index in [9.17, 15) is 36.7 Å². The van der Waals surface area contributed by atoms with Gasteiger partial charge in [-0.25, -0.2) is 4.39 Å². The number of hydrogen-bond donors (Lipinski definition) is 2. The van der Waals surface area contributed by atoms with E-state index in [1.165, 1.54) is 15.0 Å². The van der Waals surface area contributed by atoms with Crippen molar-refractivity contribution in [2.75, 3.05) is 54.9 Å². The maximum absolute atomic E-state index is 14.6. The molecule has 258 valence electrons. The predicted molar refractivity (Wildman–Crippen MR) is 167 cm³/mol. The van der Waals surface area contributed by atoms with Gasteiger partial charge in [-0.15, -0.1) is 15.3 Å². The average molecular weight is 705 g/mol. The molecule has 0 aliphatic carbocycles. The van der Waals surface area contributed by atoms with Crippen LogP contribution in [0.2, 0.25) is 0 Å². The number of piperazine rings is 1. The van der Waals surface area contributed by atoms with Crippen LogP contribution in [0.15, 0.2) is 34.6 Å². The second-order valence-electron chi connectivity index (χ2n) is 11.0. The molecule has 0 atom stereocenters. The van der Waals surface area contributed by atoms with Crippen molar-refractivity contribution in [1.82, 2.24) is 34.3 Å². The first kappa shape index (κ1) is 33.7. The Morgan fingerprint density at radius 3 is 2.51 bits per heavy atom. The smallest absolute Gasteiger partial charge is 0.377 e. The molecule has 0 spiro atoms. The summed E-state index contributed by atoms with van der Waals surface area (Å²) in [5.41, 5.74) is 0.511. The van der Waals surface area contributed by atoms with E-state index < -0.39 is 53.1 Å². The standard InChI is InChI=1S/C29H28F4N10O5S/c1-2-20-22(40-7-9-41(10-8-40)26(47)24(45)37-27-38-34-15-49-27)25(46)43-28(36-23(39-43)16-5-11-48-12-6-16)42(20)14-21(44)35-19-4-3-17(13-18(19)30)29(31,32)33/h3-5,13,15H,2,6-12,14H2,1H3,(H,35,44)(H,37,38,45). The maximum atomic E-state index is 14.6. The summed E-state index contributed by atoms with van der Waals surface area (Å²) in [4.78, 5) is 60.3. The van der Waals surface area contributed by atoms with Gasteiger partial charge < -0.3 is 24.4 Å². The lowest BCUT2D eigenvalue weighted by molar-refractivity contribution is -0.143. The number of amides is 3. The van der Waals surface area contributed by atoms with Crippen molar-refractivity contribution in [3.8, 4) is 0 Å². The number of benzene rings is 1. The van der Waals surface area contributed by atoms with Gasteiger partial charge in [-0.2, -0.15) is 22.7 Å². The van der Waals surface area contributed by atoms with E-state index >= 15 is 0 Å². The Labute approximate surface area is 278 Å². The molecule has 15 nitrogen and oxygen atoms in total. The first-order valence-corrected chi connectivity index (χ1v) is 15.9. The van der Waals surface area contributed by atoms with Gasteiger partial charge in [0, 0.05) is 26.2 Å². The zero-order valence-electron chi connectivity index (χ0n) is 25.8. The number of nitrogens with one attached hydrogen (secondary N) is 2. The summed E-state index contributed by atoms with van der Waals surface area (Å²) in [6, 6.07) is 1.77. The van der Waals surface area contributed by atoms with E-state index in [4.69, 9.17) is 4.74 Å². The maximum Gasteiger partial charge on any atom is 0.416 e. The highest BCUT2D eigenvalue weighted by molar-refractivity contribution is 7.13. The number of alkyl halides is 3. The minimum atomic E-state index is -4.77. The van der Waals surface area contributed by atoms with Crippen LogP contribution < -0.4 is 21.1 Å². The van der Waals surface area contributed by atoms with Crippen molar-refractivity contribution in [1.29, 1.82) is 0 Å². The summed E-state index contributed by atoms with van der Waals surface area (Å²) in [6.07, 6.45) is -2.28. The van der Waals surface area contributed by atoms with E-state index in [1.54, 1.807) is 17.9 Å². The molecule has 2 aliphatic rings. The van der Waals surface area contributed by atoms with Crippen LogP contribution in [0.3, 0.4) is 0 Å². The van der Waals surface area contributed by atoms with Crippen LogP contribution in [0.25, 0.3) is 11.4 Å². The van der Waals surface area contributed by atoms with Crippen molar-refractivity contribution in [2.24, 2.45) is 0 Å². The van der Waals surface area contributed by atoms with Crippen molar-refractivity contribution < 1.29 is 36.7 Å². The number of ether oxygens (including phenoxy) is 1. The summed E-state index contributed by atoms with van der Waals surface area (Å²) >= 11 is 1.06. The van der Waals surface area contributed by atoms with E-state index in [-0.39, 0.29) is 55.0 Å². The fourth-order valence-electron chi connectivity index (χ4n) is 5.58. The van der Waals surface area contributed by atoms with Gasteiger partial charge in [-0.05, 0) is 36.6 Å². The Hall–Kier alpha value is -5.24. The molecular weight excluding hydrogens is 676 g/mol. The predicted octanol–water partition coefficient (Wildman–Crippen LogP) is 2.19. The monoisotopic (exact) mass is 704 g/mol. The van der Waals surface area contributed by atoms with Crippen LogP contribution in [-0.4, -0.2) is 91.4 Å². The summed E-state index contributed by atoms with van der Waals surface area (Å²) in [7, 11) is 0. The molecule has 4 aromatic rings. The first-order chi connectivity index (χ1) is 23.4. The molecule has 5 heterocycles. The summed E-state index contributed by atoms with van der Waals surface area (Å²) in [6.45, 7) is 2.48. The fourth-order valence-corrected chi connectivity index (χ4v) is 6.02. The van der Waals surface area contributed by atoms with Gasteiger partial charge in [0.2, 0.25) is 16.8 Å². The highest BCUT2D eigenvalue weighted by Gasteiger charge is 2.33. The Bertz CT molecular complexity index is 2000. The molecular formula is C29H28F4N10O5S. The van der Waals surface area contributed by atoms with E-state index in [0.717, 1.165) is 27.5 Å². The minimum absolute atomic E-state index is 0.0261. The molecule has 0 saturated carbocycles. The average Bonchev–Trinajstić information content (AvgIpc) is 3.77. The molecule has 0 unspecified atom stereocenters. The number of aromatic nitrogens is 6. The number of carbonyl (C=O) groups is 3. The number of anilines is 3. The van der Waals surface area contributed by atoms with Crippen LogP contribution in [0.1, 0.15) is 30.4 Å². The molecule has 0 bridgehead atoms. The molecule has 3 amide bonds. The van der Waals surface area contributed by atoms with Crippen molar-refractivity contribution >= 4 is 56.9 Å². The van der Waals surface area contributed by atoms with Crippen molar-refractivity contribution in [3.63, 3.8) is 0 Å². The molecule has 20 heteroatoms. The van der Waals surface area contributed by atoms with Gasteiger partial charge in [-0.3, -0.25) is 24.5 Å². The number of carbonyl (C=O) groups excluding carboxylic acids is 3. The van der Waals surface area contributed by atoms with Gasteiger partial charge in [0.05, 0.1) is 30.2 Å². The number of fused-ring (bicyclic) bond motifs is 1. The molecule has 3 aromatic heterocycles. The quantitative estimate of drug-likeness (QED) is 0.215. The number of rotatable bonds is 7. The third-order valence-electron chi connectivity index (χ3n) is 7.94. The molecule has 6 rings (SSSR count). The minimum Gasteiger partial charge on any atom is -0.377 e. The Morgan fingerprint density at radius 2 is 1.88 bits per heavy atom. The topological polar surface area (TPSA) is 169 Å². The highest BCUT2D eigenvalue weighted by atomic mass is 32.1. The molecule has 49 heavy (non-hydrogen) atoms. The van der Waals surface area contributed by atoms with Gasteiger partial charge in [0.15, 0.2) is 5.82 Å². The second-order valence-corrected chi connectivity index (χ2v) is 11.8. The SMILES string of the molecule is CCc1c(N2CCN(C(=O)C(=O)Nc3nncs3)CC2)c(=O)n2nc(C3=CCOCC3)nc2n1CC(=O)Nc1ccc(C(F)(F)F)cc1F. The lowest BCUT2D eigenvalue weighted by Crippen LogP contribution is -2.53. The second kappa shape index (κ2) is 13.7. The largest absolute Gasteiger partial charge is 0.416 e. The number of hydrogen-bond acceptors (Lipinski definition) is 11. The lowest BCUT2D eigenvalue weighted by atomic mass is 10.1. The molecule has 1 saturated heterocycles. The van der Waals surface area contributed by atoms with Gasteiger partial charge >= 0.3 is 18.0 Å². The van der Waals surface area contributed by atoms with Crippen molar-refractivity contribution in [3.05, 3.63) is 63.0 Å². The van der Waals surface area contributed by atoms with Crippen LogP contribution in [0, 0.1) is 5.82 Å². The van der Waals surface area contributed by atoms with Crippen molar-refractivity contribution in [2.45, 2.75) is 32.5 Å². The first-order valence-electron chi connectivity index (χ1n) is 15.0. The lowest BCUT2D eigenvalue weighted by Gasteiger charge is -2.36. The van der Waals surface area contributed by atoms with E-state index in [0.29, 0.717) is 37.5 Å². The normalized spacial score (nSPS) is 15.3. The zero-order chi connectivity index (χ0) is 34.9. The van der Waals surface area contributed by atoms with Crippen LogP contribution in [0.4, 0.5) is 34.1 Å². The molecule has 2 N–H and O–H groups in total. The Morgan fingerprint density at radius 1 is 1.10 bits per heavy atom. The van der Waals surface area contributed by atoms with Crippen LogP contribution in [-0.2, 0) is 38.3 Å². The third-order valence-corrected chi connectivity index (χ3v) is 8.55. The molecule has 1 aromatic carbocycles. The van der Waals surface area contributed by atoms with Gasteiger partial charge in [0.1, 0.15) is 23.6 Å². The summed E-state index contributed by atoms with van der Waals surface area (Å²) in [5, 5.41) is 16.7. The van der Waals surface area contributed by atoms with Gasteiger partial charge in [-0.1, -0.05) is 24.3 Å².